The van der Waals surface area contributed by atoms with Crippen molar-refractivity contribution < 1.29 is 9.79 Å². The Morgan fingerprint density at radius 3 is 1.72 bits per heavy atom. The predicted octanol–water partition coefficient (Wildman–Crippen LogP) is 8.57. The molecule has 1 aromatic rings. The summed E-state index contributed by atoms with van der Waals surface area (Å²) in [5.41, 5.74) is -0.646. The molecule has 2 nitrogen and oxygen atoms in total. The molecule has 1 rings (SSSR count). The van der Waals surface area contributed by atoms with Gasteiger partial charge in [-0.15, -0.1) is 0 Å². The first-order valence-electron chi connectivity index (χ1n) is 11.8. The molecule has 0 aliphatic carbocycles. The molecule has 2 N–H and O–H groups in total. The average Bonchev–Trinajstić information content (AvgIpc) is 2.67. The van der Waals surface area contributed by atoms with Crippen LogP contribution in [0.5, 0.6) is 0 Å². The number of aryl methyl sites for hydroxylation is 2. The Hall–Kier alpha value is 0.140. The van der Waals surface area contributed by atoms with E-state index in [2.05, 4.69) is 32.0 Å². The van der Waals surface area contributed by atoms with E-state index < -0.39 is 5.69 Å². The van der Waals surface area contributed by atoms with Crippen LogP contribution in [0.1, 0.15) is 115 Å². The molecule has 0 aliphatic rings. The summed E-state index contributed by atoms with van der Waals surface area (Å²) < 4.78 is 0. The molecular weight excluding hydrogens is 415 g/mol. The molecule has 0 bridgehead atoms. The molecule has 0 saturated heterocycles. The molecule has 0 saturated carbocycles. The normalized spacial score (nSPS) is 11.9. The van der Waals surface area contributed by atoms with Crippen LogP contribution in [0.4, 0.5) is 0 Å². The lowest BCUT2D eigenvalue weighted by Crippen LogP contribution is -1.94. The molecule has 0 atom stereocenters. The summed E-state index contributed by atoms with van der Waals surface area (Å²) in [5, 5.41) is 0. The summed E-state index contributed by atoms with van der Waals surface area (Å²) in [7, 11) is 0. The number of unbranched alkanes of at least 4 members (excludes halogenated alkanes) is 12. The van der Waals surface area contributed by atoms with Gasteiger partial charge < -0.3 is 9.79 Å². The van der Waals surface area contributed by atoms with E-state index in [1.165, 1.54) is 101 Å². The van der Waals surface area contributed by atoms with E-state index in [0.29, 0.717) is 0 Å². The molecule has 5 heteroatoms. The second kappa shape index (κ2) is 16.8. The second-order valence-corrected chi connectivity index (χ2v) is 14.2. The topological polar surface area (TPSA) is 40.5 Å². The Kier molecular flexibility index (Phi) is 15.7. The highest BCUT2D eigenvalue weighted by Gasteiger charge is 2.14. The van der Waals surface area contributed by atoms with Crippen LogP contribution in [0.15, 0.2) is 23.1 Å². The van der Waals surface area contributed by atoms with Crippen LogP contribution in [0.3, 0.4) is 0 Å². The summed E-state index contributed by atoms with van der Waals surface area (Å²) in [6.07, 6.45) is 20.5. The van der Waals surface area contributed by atoms with Gasteiger partial charge in [-0.05, 0) is 66.1 Å². The fraction of sp³-hybridized carbons (Fsp3) is 0.750. The van der Waals surface area contributed by atoms with Crippen molar-refractivity contribution in [2.45, 2.75) is 121 Å². The maximum atomic E-state index is 9.76. The molecule has 0 aromatic heterocycles. The fourth-order valence-electron chi connectivity index (χ4n) is 3.76. The summed E-state index contributed by atoms with van der Waals surface area (Å²) >= 11 is 5.96. The molecule has 0 radical (unpaired) electrons. The molecular formula is C24H43O2PS2. The summed E-state index contributed by atoms with van der Waals surface area (Å²) in [6, 6.07) is 6.51. The molecule has 0 heterocycles. The largest absolute Gasteiger partial charge is 0.337 e. The van der Waals surface area contributed by atoms with Crippen molar-refractivity contribution in [3.8, 4) is 0 Å². The average molecular weight is 459 g/mol. The maximum Gasteiger partial charge on any atom is 0.246 e. The monoisotopic (exact) mass is 458 g/mol. The van der Waals surface area contributed by atoms with E-state index in [1.54, 1.807) is 0 Å². The lowest BCUT2D eigenvalue weighted by molar-refractivity contribution is 0.502. The highest BCUT2D eigenvalue weighted by Crippen LogP contribution is 2.55. The van der Waals surface area contributed by atoms with E-state index in [1.807, 2.05) is 0 Å². The van der Waals surface area contributed by atoms with Crippen LogP contribution in [0.2, 0.25) is 0 Å². The third kappa shape index (κ3) is 14.7. The third-order valence-corrected chi connectivity index (χ3v) is 8.27. The Morgan fingerprint density at radius 2 is 1.21 bits per heavy atom. The highest BCUT2D eigenvalue weighted by atomic mass is 32.9. The van der Waals surface area contributed by atoms with Gasteiger partial charge in [0.1, 0.15) is 0 Å². The highest BCUT2D eigenvalue weighted by molar-refractivity contribution is 8.67. The van der Waals surface area contributed by atoms with Crippen LogP contribution in [0.25, 0.3) is 0 Å². The van der Waals surface area contributed by atoms with E-state index in [-0.39, 0.29) is 0 Å². The standard InChI is InChI=1S/C24H43O2PS2/c1-3-5-7-9-11-13-15-17-22-19-20-24(29-27(25,26)28)23(21-22)18-16-14-12-10-8-6-4-2/h19-21H,3-18H2,1-2H3,(H2,25,26,28). The number of rotatable bonds is 18. The number of hydrogen-bond acceptors (Lipinski definition) is 2. The zero-order valence-electron chi connectivity index (χ0n) is 18.7. The summed E-state index contributed by atoms with van der Waals surface area (Å²) in [6.45, 7) is 4.51. The number of hydrogen-bond donors (Lipinski definition) is 2. The van der Waals surface area contributed by atoms with Crippen LogP contribution in [-0.2, 0) is 24.6 Å². The van der Waals surface area contributed by atoms with Crippen molar-refractivity contribution in [3.05, 3.63) is 29.3 Å². The van der Waals surface area contributed by atoms with Gasteiger partial charge >= 0.3 is 0 Å². The van der Waals surface area contributed by atoms with Gasteiger partial charge in [0.2, 0.25) is 5.69 Å². The summed E-state index contributed by atoms with van der Waals surface area (Å²) in [4.78, 5) is 20.5. The lowest BCUT2D eigenvalue weighted by atomic mass is 9.99. The first-order valence-corrected chi connectivity index (χ1v) is 16.0. The van der Waals surface area contributed by atoms with Gasteiger partial charge in [-0.3, -0.25) is 0 Å². The van der Waals surface area contributed by atoms with Gasteiger partial charge in [0.25, 0.3) is 0 Å². The van der Waals surface area contributed by atoms with E-state index in [0.717, 1.165) is 29.1 Å². The van der Waals surface area contributed by atoms with E-state index in [4.69, 9.17) is 11.8 Å². The molecule has 0 spiro atoms. The van der Waals surface area contributed by atoms with Crippen LogP contribution < -0.4 is 0 Å². The van der Waals surface area contributed by atoms with Crippen molar-refractivity contribution >= 4 is 28.9 Å². The predicted molar refractivity (Wildman–Crippen MR) is 134 cm³/mol. The minimum atomic E-state index is -3.28. The Morgan fingerprint density at radius 1 is 0.724 bits per heavy atom. The third-order valence-electron chi connectivity index (χ3n) is 5.46. The SMILES string of the molecule is CCCCCCCCCc1ccc(SP(O)(O)=S)c(CCCCCCCCC)c1. The van der Waals surface area contributed by atoms with Gasteiger partial charge in [-0.25, -0.2) is 0 Å². The van der Waals surface area contributed by atoms with Gasteiger partial charge in [0, 0.05) is 4.90 Å². The van der Waals surface area contributed by atoms with E-state index >= 15 is 0 Å². The Bertz CT molecular complexity index is 586. The lowest BCUT2D eigenvalue weighted by Gasteiger charge is -2.14. The first-order chi connectivity index (χ1) is 14.0. The van der Waals surface area contributed by atoms with Gasteiger partial charge in [0.05, 0.1) is 0 Å². The van der Waals surface area contributed by atoms with Gasteiger partial charge in [-0.1, -0.05) is 103 Å². The molecule has 0 aliphatic heterocycles. The molecule has 0 fully saturated rings. The van der Waals surface area contributed by atoms with Crippen LogP contribution in [0, 0.1) is 0 Å². The number of benzene rings is 1. The van der Waals surface area contributed by atoms with Gasteiger partial charge in [0.15, 0.2) is 0 Å². The molecule has 0 amide bonds. The van der Waals surface area contributed by atoms with E-state index in [9.17, 15) is 9.79 Å². The minimum Gasteiger partial charge on any atom is -0.337 e. The second-order valence-electron chi connectivity index (χ2n) is 8.27. The zero-order valence-corrected chi connectivity index (χ0v) is 21.2. The maximum absolute atomic E-state index is 9.76. The Labute approximate surface area is 189 Å². The molecule has 29 heavy (non-hydrogen) atoms. The molecule has 1 aromatic carbocycles. The smallest absolute Gasteiger partial charge is 0.246 e. The van der Waals surface area contributed by atoms with Crippen molar-refractivity contribution in [1.82, 2.24) is 0 Å². The first kappa shape index (κ1) is 27.2. The van der Waals surface area contributed by atoms with Crippen LogP contribution in [-0.4, -0.2) is 9.79 Å². The van der Waals surface area contributed by atoms with Crippen molar-refractivity contribution in [2.75, 3.05) is 0 Å². The molecule has 0 unspecified atom stereocenters. The minimum absolute atomic E-state index is 0.965. The van der Waals surface area contributed by atoms with Crippen molar-refractivity contribution in [1.29, 1.82) is 0 Å². The zero-order chi connectivity index (χ0) is 21.4. The van der Waals surface area contributed by atoms with Crippen molar-refractivity contribution in [3.63, 3.8) is 0 Å². The fourth-order valence-corrected chi connectivity index (χ4v) is 6.45. The Balaban J connectivity index is 2.50. The summed E-state index contributed by atoms with van der Waals surface area (Å²) in [5.74, 6) is 0. The quantitative estimate of drug-likeness (QED) is 0.171. The van der Waals surface area contributed by atoms with Crippen molar-refractivity contribution in [2.24, 2.45) is 0 Å². The van der Waals surface area contributed by atoms with Crippen LogP contribution >= 0.6 is 17.1 Å². The molecule has 168 valence electrons. The van der Waals surface area contributed by atoms with Gasteiger partial charge in [-0.2, -0.15) is 0 Å².